The summed E-state index contributed by atoms with van der Waals surface area (Å²) < 4.78 is 5.00. The Morgan fingerprint density at radius 1 is 1.73 bits per heavy atom. The summed E-state index contributed by atoms with van der Waals surface area (Å²) in [5, 5.41) is 12.2. The van der Waals surface area contributed by atoms with Gasteiger partial charge in [-0.2, -0.15) is 0 Å². The summed E-state index contributed by atoms with van der Waals surface area (Å²) in [5.41, 5.74) is 0.627. The van der Waals surface area contributed by atoms with E-state index in [1.54, 1.807) is 32.1 Å². The van der Waals surface area contributed by atoms with Crippen LogP contribution in [0.25, 0.3) is 0 Å². The molecule has 1 aromatic heterocycles. The Morgan fingerprint density at radius 2 is 2.47 bits per heavy atom. The van der Waals surface area contributed by atoms with Gasteiger partial charge >= 0.3 is 0 Å². The van der Waals surface area contributed by atoms with Gasteiger partial charge in [-0.3, -0.25) is 4.79 Å². The SMILES string of the molecule is C/C=C(/C)C(=O)NCC(O)c1ccco1. The summed E-state index contributed by atoms with van der Waals surface area (Å²) >= 11 is 0. The zero-order chi connectivity index (χ0) is 11.3. The molecule has 1 heterocycles. The standard InChI is InChI=1S/C11H15NO3/c1-3-8(2)11(14)12-7-9(13)10-5-4-6-15-10/h3-6,9,13H,7H2,1-2H3,(H,12,14)/b8-3-. The second-order valence-electron chi connectivity index (χ2n) is 3.21. The largest absolute Gasteiger partial charge is 0.467 e. The number of allylic oxidation sites excluding steroid dienone is 1. The van der Waals surface area contributed by atoms with Gasteiger partial charge in [0.1, 0.15) is 11.9 Å². The first kappa shape index (κ1) is 11.5. The van der Waals surface area contributed by atoms with Crippen LogP contribution in [0.2, 0.25) is 0 Å². The Bertz CT molecular complexity index is 341. The molecule has 15 heavy (non-hydrogen) atoms. The van der Waals surface area contributed by atoms with Crippen molar-refractivity contribution in [3.05, 3.63) is 35.8 Å². The van der Waals surface area contributed by atoms with Crippen LogP contribution in [0.3, 0.4) is 0 Å². The lowest BCUT2D eigenvalue weighted by molar-refractivity contribution is -0.117. The van der Waals surface area contributed by atoms with Crippen molar-refractivity contribution in [1.82, 2.24) is 5.32 Å². The molecule has 0 aromatic carbocycles. The molecule has 0 fully saturated rings. The van der Waals surface area contributed by atoms with Crippen LogP contribution in [0.4, 0.5) is 0 Å². The maximum atomic E-state index is 11.3. The molecule has 0 spiro atoms. The lowest BCUT2D eigenvalue weighted by atomic mass is 10.2. The number of aliphatic hydroxyl groups excluding tert-OH is 1. The molecule has 1 atom stereocenters. The van der Waals surface area contributed by atoms with E-state index in [0.29, 0.717) is 11.3 Å². The van der Waals surface area contributed by atoms with Crippen molar-refractivity contribution < 1.29 is 14.3 Å². The van der Waals surface area contributed by atoms with Crippen LogP contribution in [0.15, 0.2) is 34.5 Å². The van der Waals surface area contributed by atoms with Crippen LogP contribution in [-0.4, -0.2) is 17.6 Å². The molecule has 0 aliphatic heterocycles. The minimum atomic E-state index is -0.798. The molecule has 2 N–H and O–H groups in total. The average Bonchev–Trinajstić information content (AvgIpc) is 2.77. The van der Waals surface area contributed by atoms with Crippen LogP contribution in [0, 0.1) is 0 Å². The van der Waals surface area contributed by atoms with Gasteiger partial charge in [0.2, 0.25) is 5.91 Å². The summed E-state index contributed by atoms with van der Waals surface area (Å²) in [6, 6.07) is 3.36. The van der Waals surface area contributed by atoms with Crippen molar-refractivity contribution >= 4 is 5.91 Å². The van der Waals surface area contributed by atoms with Crippen LogP contribution < -0.4 is 5.32 Å². The maximum Gasteiger partial charge on any atom is 0.246 e. The van der Waals surface area contributed by atoms with E-state index < -0.39 is 6.10 Å². The number of carbonyl (C=O) groups is 1. The third-order valence-corrected chi connectivity index (χ3v) is 2.12. The first-order valence-electron chi connectivity index (χ1n) is 4.77. The second kappa shape index (κ2) is 5.36. The van der Waals surface area contributed by atoms with E-state index in [9.17, 15) is 9.90 Å². The maximum absolute atomic E-state index is 11.3. The fraction of sp³-hybridized carbons (Fsp3) is 0.364. The molecular weight excluding hydrogens is 194 g/mol. The molecule has 0 bridgehead atoms. The van der Waals surface area contributed by atoms with E-state index in [0.717, 1.165) is 0 Å². The summed E-state index contributed by atoms with van der Waals surface area (Å²) in [5.74, 6) is 0.275. The number of carbonyl (C=O) groups excluding carboxylic acids is 1. The van der Waals surface area contributed by atoms with Gasteiger partial charge in [-0.1, -0.05) is 6.08 Å². The predicted octanol–water partition coefficient (Wildman–Crippen LogP) is 1.40. The molecule has 4 nitrogen and oxygen atoms in total. The molecule has 4 heteroatoms. The van der Waals surface area contributed by atoms with Crippen molar-refractivity contribution in [2.75, 3.05) is 6.54 Å². The van der Waals surface area contributed by atoms with Gasteiger partial charge in [-0.15, -0.1) is 0 Å². The van der Waals surface area contributed by atoms with Crippen molar-refractivity contribution in [3.63, 3.8) is 0 Å². The molecule has 1 rings (SSSR count). The Labute approximate surface area is 88.6 Å². The Morgan fingerprint density at radius 3 is 3.00 bits per heavy atom. The third kappa shape index (κ3) is 3.25. The first-order valence-corrected chi connectivity index (χ1v) is 4.77. The highest BCUT2D eigenvalue weighted by Gasteiger charge is 2.11. The monoisotopic (exact) mass is 209 g/mol. The van der Waals surface area contributed by atoms with E-state index >= 15 is 0 Å². The lowest BCUT2D eigenvalue weighted by Crippen LogP contribution is -2.28. The van der Waals surface area contributed by atoms with Crippen LogP contribution in [-0.2, 0) is 4.79 Å². The van der Waals surface area contributed by atoms with Gasteiger partial charge < -0.3 is 14.8 Å². The highest BCUT2D eigenvalue weighted by atomic mass is 16.4. The van der Waals surface area contributed by atoms with Gasteiger partial charge in [0, 0.05) is 5.57 Å². The quantitative estimate of drug-likeness (QED) is 0.737. The molecule has 1 amide bonds. The summed E-state index contributed by atoms with van der Waals surface area (Å²) in [7, 11) is 0. The summed E-state index contributed by atoms with van der Waals surface area (Å²) in [6.45, 7) is 3.66. The minimum absolute atomic E-state index is 0.150. The van der Waals surface area contributed by atoms with Gasteiger partial charge in [-0.25, -0.2) is 0 Å². The first-order chi connectivity index (χ1) is 7.15. The van der Waals surface area contributed by atoms with Gasteiger partial charge in [-0.05, 0) is 26.0 Å². The molecule has 0 radical (unpaired) electrons. The number of furan rings is 1. The number of aliphatic hydroxyl groups is 1. The summed E-state index contributed by atoms with van der Waals surface area (Å²) in [6.07, 6.45) is 2.40. The van der Waals surface area contributed by atoms with Crippen LogP contribution in [0.5, 0.6) is 0 Å². The lowest BCUT2D eigenvalue weighted by Gasteiger charge is -2.09. The Balaban J connectivity index is 2.41. The molecule has 1 aromatic rings. The smallest absolute Gasteiger partial charge is 0.246 e. The van der Waals surface area contributed by atoms with E-state index in [1.165, 1.54) is 6.26 Å². The van der Waals surface area contributed by atoms with E-state index in [-0.39, 0.29) is 12.5 Å². The zero-order valence-electron chi connectivity index (χ0n) is 8.86. The fourth-order valence-electron chi connectivity index (χ4n) is 1.04. The third-order valence-electron chi connectivity index (χ3n) is 2.12. The topological polar surface area (TPSA) is 62.5 Å². The van der Waals surface area contributed by atoms with Crippen molar-refractivity contribution in [1.29, 1.82) is 0 Å². The molecule has 0 saturated carbocycles. The number of hydrogen-bond donors (Lipinski definition) is 2. The fourth-order valence-corrected chi connectivity index (χ4v) is 1.04. The molecule has 0 aliphatic carbocycles. The van der Waals surface area contributed by atoms with Gasteiger partial charge in [0.15, 0.2) is 0 Å². The van der Waals surface area contributed by atoms with Crippen molar-refractivity contribution in [3.8, 4) is 0 Å². The predicted molar refractivity (Wildman–Crippen MR) is 56.1 cm³/mol. The molecule has 1 unspecified atom stereocenters. The highest BCUT2D eigenvalue weighted by molar-refractivity contribution is 5.92. The second-order valence-corrected chi connectivity index (χ2v) is 3.21. The Kier molecular flexibility index (Phi) is 4.12. The van der Waals surface area contributed by atoms with E-state index in [1.807, 2.05) is 0 Å². The van der Waals surface area contributed by atoms with Gasteiger partial charge in [0.25, 0.3) is 0 Å². The van der Waals surface area contributed by atoms with Gasteiger partial charge in [0.05, 0.1) is 12.8 Å². The van der Waals surface area contributed by atoms with E-state index in [2.05, 4.69) is 5.32 Å². The van der Waals surface area contributed by atoms with Crippen molar-refractivity contribution in [2.24, 2.45) is 0 Å². The zero-order valence-corrected chi connectivity index (χ0v) is 8.86. The van der Waals surface area contributed by atoms with Crippen LogP contribution >= 0.6 is 0 Å². The molecule has 82 valence electrons. The number of amides is 1. The molecule has 0 saturated heterocycles. The average molecular weight is 209 g/mol. The van der Waals surface area contributed by atoms with Crippen molar-refractivity contribution in [2.45, 2.75) is 20.0 Å². The molecular formula is C11H15NO3. The number of nitrogens with one attached hydrogen (secondary N) is 1. The Hall–Kier alpha value is -1.55. The minimum Gasteiger partial charge on any atom is -0.467 e. The number of hydrogen-bond acceptors (Lipinski definition) is 3. The number of rotatable bonds is 4. The van der Waals surface area contributed by atoms with E-state index in [4.69, 9.17) is 4.42 Å². The highest BCUT2D eigenvalue weighted by Crippen LogP contribution is 2.11. The normalized spacial score (nSPS) is 13.7. The summed E-state index contributed by atoms with van der Waals surface area (Å²) in [4.78, 5) is 11.3. The van der Waals surface area contributed by atoms with Crippen LogP contribution in [0.1, 0.15) is 25.7 Å². The molecule has 0 aliphatic rings.